The maximum atomic E-state index is 9.42. The third-order valence-electron chi connectivity index (χ3n) is 1.86. The van der Waals surface area contributed by atoms with Crippen molar-refractivity contribution >= 4 is 0 Å². The minimum atomic E-state index is -0.504. The lowest BCUT2D eigenvalue weighted by Gasteiger charge is -2.12. The molecule has 0 fully saturated rings. The van der Waals surface area contributed by atoms with E-state index in [2.05, 4.69) is 5.32 Å². The summed E-state index contributed by atoms with van der Waals surface area (Å²) in [6, 6.07) is 0. The molecule has 0 saturated heterocycles. The molecule has 15 heavy (non-hydrogen) atoms. The lowest BCUT2D eigenvalue weighted by Crippen LogP contribution is -2.32. The van der Waals surface area contributed by atoms with E-state index in [1.165, 1.54) is 0 Å². The third-order valence-corrected chi connectivity index (χ3v) is 1.86. The van der Waals surface area contributed by atoms with E-state index < -0.39 is 6.10 Å². The van der Waals surface area contributed by atoms with Crippen LogP contribution in [0.15, 0.2) is 0 Å². The van der Waals surface area contributed by atoms with Crippen LogP contribution in [0, 0.1) is 0 Å². The van der Waals surface area contributed by atoms with Gasteiger partial charge in [0.15, 0.2) is 0 Å². The molecule has 0 saturated carbocycles. The first-order chi connectivity index (χ1) is 7.16. The van der Waals surface area contributed by atoms with E-state index in [-0.39, 0.29) is 6.10 Å². The van der Waals surface area contributed by atoms with E-state index in [0.717, 1.165) is 0 Å². The predicted molar refractivity (Wildman–Crippen MR) is 57.9 cm³/mol. The van der Waals surface area contributed by atoms with Gasteiger partial charge in [0.1, 0.15) is 0 Å². The van der Waals surface area contributed by atoms with Crippen LogP contribution in [0.4, 0.5) is 0 Å². The molecule has 0 aliphatic heterocycles. The van der Waals surface area contributed by atoms with Gasteiger partial charge in [-0.2, -0.15) is 0 Å². The molecule has 0 aliphatic carbocycles. The SMILES string of the molecule is COCCOCC(O)CNCCC(C)O. The molecule has 3 N–H and O–H groups in total. The van der Waals surface area contributed by atoms with Gasteiger partial charge in [0.2, 0.25) is 0 Å². The largest absolute Gasteiger partial charge is 0.393 e. The molecule has 0 rings (SSSR count). The van der Waals surface area contributed by atoms with Gasteiger partial charge >= 0.3 is 0 Å². The van der Waals surface area contributed by atoms with E-state index in [1.807, 2.05) is 0 Å². The van der Waals surface area contributed by atoms with Crippen molar-refractivity contribution in [2.75, 3.05) is 40.0 Å². The van der Waals surface area contributed by atoms with Gasteiger partial charge in [-0.1, -0.05) is 0 Å². The highest BCUT2D eigenvalue weighted by molar-refractivity contribution is 4.59. The van der Waals surface area contributed by atoms with Crippen LogP contribution in [0.1, 0.15) is 13.3 Å². The summed E-state index contributed by atoms with van der Waals surface area (Å²) < 4.78 is 9.95. The molecule has 2 atom stereocenters. The number of aliphatic hydroxyl groups excluding tert-OH is 2. The first-order valence-electron chi connectivity index (χ1n) is 5.30. The Morgan fingerprint density at radius 3 is 2.60 bits per heavy atom. The van der Waals surface area contributed by atoms with Gasteiger partial charge in [-0.05, 0) is 19.9 Å². The fourth-order valence-electron chi connectivity index (χ4n) is 1.00. The Morgan fingerprint density at radius 1 is 1.27 bits per heavy atom. The van der Waals surface area contributed by atoms with Gasteiger partial charge in [-0.15, -0.1) is 0 Å². The van der Waals surface area contributed by atoms with E-state index in [1.54, 1.807) is 14.0 Å². The molecule has 0 aliphatic rings. The fraction of sp³-hybridized carbons (Fsp3) is 1.00. The van der Waals surface area contributed by atoms with Crippen LogP contribution in [0.3, 0.4) is 0 Å². The van der Waals surface area contributed by atoms with Gasteiger partial charge in [-0.3, -0.25) is 0 Å². The molecule has 0 aromatic carbocycles. The summed E-state index contributed by atoms with van der Waals surface area (Å²) in [6.45, 7) is 4.28. The van der Waals surface area contributed by atoms with Crippen molar-refractivity contribution in [3.8, 4) is 0 Å². The third kappa shape index (κ3) is 11.7. The molecule has 0 radical (unpaired) electrons. The average Bonchev–Trinajstić information content (AvgIpc) is 2.19. The molecule has 5 heteroatoms. The van der Waals surface area contributed by atoms with Crippen LogP contribution in [0.25, 0.3) is 0 Å². The zero-order chi connectivity index (χ0) is 11.5. The van der Waals surface area contributed by atoms with E-state index in [0.29, 0.717) is 39.3 Å². The van der Waals surface area contributed by atoms with Gasteiger partial charge in [-0.25, -0.2) is 0 Å². The van der Waals surface area contributed by atoms with Crippen LogP contribution in [0.2, 0.25) is 0 Å². The Morgan fingerprint density at radius 2 is 2.00 bits per heavy atom. The Balaban J connectivity index is 3.15. The number of ether oxygens (including phenoxy) is 2. The van der Waals surface area contributed by atoms with Gasteiger partial charge in [0.25, 0.3) is 0 Å². The summed E-state index contributed by atoms with van der Waals surface area (Å²) in [4.78, 5) is 0. The monoisotopic (exact) mass is 221 g/mol. The van der Waals surface area contributed by atoms with Crippen molar-refractivity contribution in [2.24, 2.45) is 0 Å². The van der Waals surface area contributed by atoms with Crippen LogP contribution in [-0.4, -0.2) is 62.4 Å². The Labute approximate surface area is 91.4 Å². The number of methoxy groups -OCH3 is 1. The number of hydrogen-bond acceptors (Lipinski definition) is 5. The molecule has 0 amide bonds. The second-order valence-corrected chi connectivity index (χ2v) is 3.56. The standard InChI is InChI=1S/C10H23NO4/c1-9(12)3-4-11-7-10(13)8-15-6-5-14-2/h9-13H,3-8H2,1-2H3. The molecule has 2 unspecified atom stereocenters. The van der Waals surface area contributed by atoms with Crippen LogP contribution < -0.4 is 5.32 Å². The van der Waals surface area contributed by atoms with Crippen LogP contribution in [-0.2, 0) is 9.47 Å². The Hall–Kier alpha value is -0.200. The summed E-state index contributed by atoms with van der Waals surface area (Å²) in [7, 11) is 1.61. The minimum absolute atomic E-state index is 0.299. The van der Waals surface area contributed by atoms with Crippen molar-refractivity contribution in [1.82, 2.24) is 5.32 Å². The van der Waals surface area contributed by atoms with Crippen molar-refractivity contribution < 1.29 is 19.7 Å². The van der Waals surface area contributed by atoms with Crippen molar-refractivity contribution in [3.05, 3.63) is 0 Å². The Bertz CT molecular complexity index is 133. The number of rotatable bonds is 10. The molecular formula is C10H23NO4. The maximum absolute atomic E-state index is 9.42. The molecule has 5 nitrogen and oxygen atoms in total. The zero-order valence-electron chi connectivity index (χ0n) is 9.61. The second kappa shape index (κ2) is 10.3. The van der Waals surface area contributed by atoms with E-state index >= 15 is 0 Å². The quantitative estimate of drug-likeness (QED) is 0.429. The van der Waals surface area contributed by atoms with Crippen molar-refractivity contribution in [3.63, 3.8) is 0 Å². The summed E-state index contributed by atoms with van der Waals surface area (Å²) in [6.07, 6.45) is -0.111. The topological polar surface area (TPSA) is 71.0 Å². The number of hydrogen-bond donors (Lipinski definition) is 3. The van der Waals surface area contributed by atoms with Gasteiger partial charge in [0, 0.05) is 13.7 Å². The maximum Gasteiger partial charge on any atom is 0.0897 e. The van der Waals surface area contributed by atoms with E-state index in [4.69, 9.17) is 14.6 Å². The highest BCUT2D eigenvalue weighted by atomic mass is 16.5. The van der Waals surface area contributed by atoms with Crippen LogP contribution >= 0.6 is 0 Å². The first kappa shape index (κ1) is 14.8. The summed E-state index contributed by atoms with van der Waals surface area (Å²) in [5, 5.41) is 21.4. The molecular weight excluding hydrogens is 198 g/mol. The lowest BCUT2D eigenvalue weighted by atomic mass is 10.3. The number of nitrogens with one attached hydrogen (secondary N) is 1. The van der Waals surface area contributed by atoms with Crippen molar-refractivity contribution in [1.29, 1.82) is 0 Å². The molecule has 0 aromatic heterocycles. The highest BCUT2D eigenvalue weighted by Crippen LogP contribution is 1.88. The summed E-state index contributed by atoms with van der Waals surface area (Å²) in [5.41, 5.74) is 0. The zero-order valence-corrected chi connectivity index (χ0v) is 9.61. The first-order valence-corrected chi connectivity index (χ1v) is 5.30. The smallest absolute Gasteiger partial charge is 0.0897 e. The summed E-state index contributed by atoms with van der Waals surface area (Å²) in [5.74, 6) is 0. The van der Waals surface area contributed by atoms with Crippen molar-refractivity contribution in [2.45, 2.75) is 25.6 Å². The van der Waals surface area contributed by atoms with Crippen LogP contribution in [0.5, 0.6) is 0 Å². The molecule has 0 heterocycles. The fourth-order valence-corrected chi connectivity index (χ4v) is 1.00. The highest BCUT2D eigenvalue weighted by Gasteiger charge is 2.03. The normalized spacial score (nSPS) is 15.2. The second-order valence-electron chi connectivity index (χ2n) is 3.56. The molecule has 0 spiro atoms. The molecule has 0 aromatic rings. The molecule has 92 valence electrons. The van der Waals surface area contributed by atoms with Gasteiger partial charge in [0.05, 0.1) is 32.0 Å². The molecule has 0 bridgehead atoms. The summed E-state index contributed by atoms with van der Waals surface area (Å²) >= 11 is 0. The van der Waals surface area contributed by atoms with E-state index in [9.17, 15) is 5.11 Å². The minimum Gasteiger partial charge on any atom is -0.393 e. The average molecular weight is 221 g/mol. The van der Waals surface area contributed by atoms with Gasteiger partial charge < -0.3 is 25.0 Å². The predicted octanol–water partition coefficient (Wildman–Crippen LogP) is -0.629. The lowest BCUT2D eigenvalue weighted by molar-refractivity contribution is 0.0136. The Kier molecular flexibility index (Phi) is 10.2. The number of aliphatic hydroxyl groups is 2.